The Morgan fingerprint density at radius 3 is 2.62 bits per heavy atom. The fraction of sp³-hybridized carbons (Fsp3) is 0.267. The molecule has 1 aromatic carbocycles. The van der Waals surface area contributed by atoms with Gasteiger partial charge in [0.2, 0.25) is 11.0 Å². The van der Waals surface area contributed by atoms with Crippen molar-refractivity contribution in [2.24, 2.45) is 0 Å². The number of hydrogen-bond donors (Lipinski definition) is 2. The average Bonchev–Trinajstić information content (AvgIpc) is 3.05. The number of thioether (sulfide) groups is 1. The van der Waals surface area contributed by atoms with E-state index in [4.69, 9.17) is 9.47 Å². The fourth-order valence-electron chi connectivity index (χ4n) is 1.70. The van der Waals surface area contributed by atoms with E-state index in [1.807, 2.05) is 0 Å². The standard InChI is InChI=1S/C15H18N4O3S2/c1-4-5-16-14-18-19-15(24-14)23-9-13(20)17-10-6-11(21-2)8-12(7-10)22-3/h4,6-8H,1,5,9H2,2-3H3,(H,16,18)(H,17,20). The van der Waals surface area contributed by atoms with Crippen LogP contribution >= 0.6 is 23.1 Å². The molecule has 7 nitrogen and oxygen atoms in total. The van der Waals surface area contributed by atoms with Gasteiger partial charge in [0.25, 0.3) is 0 Å². The highest BCUT2D eigenvalue weighted by Gasteiger charge is 2.09. The molecule has 1 heterocycles. The molecule has 0 saturated carbocycles. The maximum Gasteiger partial charge on any atom is 0.234 e. The van der Waals surface area contributed by atoms with Gasteiger partial charge in [-0.2, -0.15) is 0 Å². The van der Waals surface area contributed by atoms with Crippen LogP contribution in [0.25, 0.3) is 0 Å². The first-order valence-electron chi connectivity index (χ1n) is 6.98. The van der Waals surface area contributed by atoms with Gasteiger partial charge in [-0.05, 0) is 0 Å². The SMILES string of the molecule is C=CCNc1nnc(SCC(=O)Nc2cc(OC)cc(OC)c2)s1. The number of benzene rings is 1. The molecule has 0 saturated heterocycles. The van der Waals surface area contributed by atoms with Crippen molar-refractivity contribution in [1.82, 2.24) is 10.2 Å². The Bertz CT molecular complexity index is 684. The Balaban J connectivity index is 1.89. The molecular weight excluding hydrogens is 348 g/mol. The van der Waals surface area contributed by atoms with Crippen molar-refractivity contribution in [3.63, 3.8) is 0 Å². The van der Waals surface area contributed by atoms with Crippen molar-refractivity contribution in [3.05, 3.63) is 30.9 Å². The number of methoxy groups -OCH3 is 2. The lowest BCUT2D eigenvalue weighted by molar-refractivity contribution is -0.113. The number of hydrogen-bond acceptors (Lipinski definition) is 8. The Labute approximate surface area is 148 Å². The zero-order chi connectivity index (χ0) is 17.4. The van der Waals surface area contributed by atoms with E-state index in [0.29, 0.717) is 28.9 Å². The van der Waals surface area contributed by atoms with E-state index in [0.717, 1.165) is 4.34 Å². The summed E-state index contributed by atoms with van der Waals surface area (Å²) in [7, 11) is 3.12. The number of carbonyl (C=O) groups is 1. The second kappa shape index (κ2) is 9.14. The van der Waals surface area contributed by atoms with Crippen molar-refractivity contribution < 1.29 is 14.3 Å². The number of ether oxygens (including phenoxy) is 2. The second-order valence-corrected chi connectivity index (χ2v) is 6.68. The highest BCUT2D eigenvalue weighted by atomic mass is 32.2. The Hall–Kier alpha value is -2.26. The first kappa shape index (κ1) is 18.1. The van der Waals surface area contributed by atoms with E-state index < -0.39 is 0 Å². The summed E-state index contributed by atoms with van der Waals surface area (Å²) in [6, 6.07) is 5.20. The minimum Gasteiger partial charge on any atom is -0.497 e. The van der Waals surface area contributed by atoms with Gasteiger partial charge < -0.3 is 20.1 Å². The van der Waals surface area contributed by atoms with Crippen molar-refractivity contribution in [2.75, 3.05) is 37.2 Å². The van der Waals surface area contributed by atoms with Crippen LogP contribution in [-0.2, 0) is 4.79 Å². The van der Waals surface area contributed by atoms with Gasteiger partial charge in [-0.1, -0.05) is 29.2 Å². The summed E-state index contributed by atoms with van der Waals surface area (Å²) >= 11 is 2.72. The summed E-state index contributed by atoms with van der Waals surface area (Å²) in [6.45, 7) is 4.25. The van der Waals surface area contributed by atoms with Gasteiger partial charge in [0.15, 0.2) is 4.34 Å². The molecule has 0 fully saturated rings. The van der Waals surface area contributed by atoms with Crippen LogP contribution in [0.5, 0.6) is 11.5 Å². The molecule has 0 atom stereocenters. The topological polar surface area (TPSA) is 85.4 Å². The summed E-state index contributed by atoms with van der Waals surface area (Å²) in [5.74, 6) is 1.31. The first-order valence-corrected chi connectivity index (χ1v) is 8.78. The molecular formula is C15H18N4O3S2. The molecule has 0 spiro atoms. The van der Waals surface area contributed by atoms with E-state index in [1.165, 1.54) is 23.1 Å². The number of amides is 1. The van der Waals surface area contributed by atoms with Gasteiger partial charge in [-0.3, -0.25) is 4.79 Å². The lowest BCUT2D eigenvalue weighted by Crippen LogP contribution is -2.14. The van der Waals surface area contributed by atoms with Crippen LogP contribution < -0.4 is 20.1 Å². The number of nitrogens with zero attached hydrogens (tertiary/aromatic N) is 2. The third-order valence-electron chi connectivity index (χ3n) is 2.77. The van der Waals surface area contributed by atoms with E-state index >= 15 is 0 Å². The largest absolute Gasteiger partial charge is 0.497 e. The average molecular weight is 366 g/mol. The Morgan fingerprint density at radius 2 is 2.00 bits per heavy atom. The molecule has 0 unspecified atom stereocenters. The van der Waals surface area contributed by atoms with E-state index in [-0.39, 0.29) is 11.7 Å². The molecule has 2 rings (SSSR count). The number of anilines is 2. The molecule has 0 aliphatic heterocycles. The molecule has 2 N–H and O–H groups in total. The molecule has 1 amide bonds. The predicted octanol–water partition coefficient (Wildman–Crippen LogP) is 2.88. The minimum atomic E-state index is -0.147. The van der Waals surface area contributed by atoms with Crippen LogP contribution in [0.4, 0.5) is 10.8 Å². The van der Waals surface area contributed by atoms with Crippen molar-refractivity contribution in [1.29, 1.82) is 0 Å². The third-order valence-corrected chi connectivity index (χ3v) is 4.78. The molecule has 0 aliphatic carbocycles. The minimum absolute atomic E-state index is 0.147. The lowest BCUT2D eigenvalue weighted by atomic mass is 10.2. The van der Waals surface area contributed by atoms with Crippen LogP contribution in [0.15, 0.2) is 35.2 Å². The van der Waals surface area contributed by atoms with Gasteiger partial charge in [0, 0.05) is 30.4 Å². The first-order chi connectivity index (χ1) is 11.6. The number of aromatic nitrogens is 2. The maximum absolute atomic E-state index is 12.1. The quantitative estimate of drug-likeness (QED) is 0.521. The molecule has 2 aromatic rings. The molecule has 24 heavy (non-hydrogen) atoms. The monoisotopic (exact) mass is 366 g/mol. The summed E-state index contributed by atoms with van der Waals surface area (Å²) in [6.07, 6.45) is 1.74. The van der Waals surface area contributed by atoms with Gasteiger partial charge in [0.1, 0.15) is 11.5 Å². The van der Waals surface area contributed by atoms with Crippen LogP contribution in [0.3, 0.4) is 0 Å². The summed E-state index contributed by atoms with van der Waals surface area (Å²) in [4.78, 5) is 12.1. The normalized spacial score (nSPS) is 10.1. The van der Waals surface area contributed by atoms with E-state index in [9.17, 15) is 4.79 Å². The van der Waals surface area contributed by atoms with Gasteiger partial charge in [-0.15, -0.1) is 16.8 Å². The maximum atomic E-state index is 12.1. The predicted molar refractivity (Wildman–Crippen MR) is 97.5 cm³/mol. The molecule has 0 radical (unpaired) electrons. The van der Waals surface area contributed by atoms with Crippen molar-refractivity contribution in [3.8, 4) is 11.5 Å². The zero-order valence-electron chi connectivity index (χ0n) is 13.4. The summed E-state index contributed by atoms with van der Waals surface area (Å²) in [5, 5.41) is 14.6. The molecule has 0 aliphatic rings. The highest BCUT2D eigenvalue weighted by molar-refractivity contribution is 8.01. The highest BCUT2D eigenvalue weighted by Crippen LogP contribution is 2.27. The molecule has 1 aromatic heterocycles. The Morgan fingerprint density at radius 1 is 1.29 bits per heavy atom. The molecule has 128 valence electrons. The third kappa shape index (κ3) is 5.43. The zero-order valence-corrected chi connectivity index (χ0v) is 15.0. The van der Waals surface area contributed by atoms with Crippen molar-refractivity contribution >= 4 is 39.8 Å². The second-order valence-electron chi connectivity index (χ2n) is 4.48. The van der Waals surface area contributed by atoms with Crippen LogP contribution in [0.1, 0.15) is 0 Å². The summed E-state index contributed by atoms with van der Waals surface area (Å²) in [5.41, 5.74) is 0.613. The van der Waals surface area contributed by atoms with E-state index in [2.05, 4.69) is 27.4 Å². The van der Waals surface area contributed by atoms with Gasteiger partial charge in [-0.25, -0.2) is 0 Å². The smallest absolute Gasteiger partial charge is 0.234 e. The van der Waals surface area contributed by atoms with Crippen LogP contribution in [0.2, 0.25) is 0 Å². The lowest BCUT2D eigenvalue weighted by Gasteiger charge is -2.09. The Kier molecular flexibility index (Phi) is 6.89. The van der Waals surface area contributed by atoms with Crippen LogP contribution in [-0.4, -0.2) is 42.6 Å². The van der Waals surface area contributed by atoms with Crippen LogP contribution in [0, 0.1) is 0 Å². The van der Waals surface area contributed by atoms with E-state index in [1.54, 1.807) is 38.5 Å². The van der Waals surface area contributed by atoms with Gasteiger partial charge >= 0.3 is 0 Å². The number of rotatable bonds is 9. The fourth-order valence-corrected chi connectivity index (χ4v) is 3.26. The van der Waals surface area contributed by atoms with Gasteiger partial charge in [0.05, 0.1) is 20.0 Å². The molecule has 9 heteroatoms. The van der Waals surface area contributed by atoms with Crippen molar-refractivity contribution in [2.45, 2.75) is 4.34 Å². The number of carbonyl (C=O) groups excluding carboxylic acids is 1. The molecule has 0 bridgehead atoms. The summed E-state index contributed by atoms with van der Waals surface area (Å²) < 4.78 is 11.1. The number of nitrogens with one attached hydrogen (secondary N) is 2.